The Balaban J connectivity index is 1.28. The number of amides is 1. The van der Waals surface area contributed by atoms with Gasteiger partial charge in [-0.2, -0.15) is 0 Å². The Bertz CT molecular complexity index is 1000. The molecule has 3 heterocycles. The van der Waals surface area contributed by atoms with E-state index in [1.54, 1.807) is 18.3 Å². The summed E-state index contributed by atoms with van der Waals surface area (Å²) in [6.45, 7) is 2.51. The van der Waals surface area contributed by atoms with Crippen LogP contribution < -0.4 is 9.64 Å². The SMILES string of the molecule is O=C(c1ccc(Oc2ccccc2)nc1)N1CCCN2c3ccccc3CC2C1. The van der Waals surface area contributed by atoms with E-state index in [4.69, 9.17) is 4.74 Å². The van der Waals surface area contributed by atoms with Crippen LogP contribution in [0.5, 0.6) is 11.6 Å². The maximum Gasteiger partial charge on any atom is 0.255 e. The number of para-hydroxylation sites is 2. The molecule has 1 atom stereocenters. The maximum absolute atomic E-state index is 13.1. The summed E-state index contributed by atoms with van der Waals surface area (Å²) in [7, 11) is 0. The standard InChI is InChI=1S/C24H23N3O2/c28-24(19-11-12-23(25-16-19)29-21-8-2-1-3-9-21)26-13-6-14-27-20(17-26)15-18-7-4-5-10-22(18)27/h1-5,7-12,16,20H,6,13-15,17H2. The van der Waals surface area contributed by atoms with Crippen LogP contribution >= 0.6 is 0 Å². The number of fused-ring (bicyclic) bond motifs is 3. The van der Waals surface area contributed by atoms with Gasteiger partial charge in [0, 0.05) is 37.6 Å². The molecule has 2 aliphatic heterocycles. The number of carbonyl (C=O) groups excluding carboxylic acids is 1. The summed E-state index contributed by atoms with van der Waals surface area (Å²) in [4.78, 5) is 21.9. The Kier molecular flexibility index (Phi) is 4.64. The quantitative estimate of drug-likeness (QED) is 0.679. The third-order valence-corrected chi connectivity index (χ3v) is 5.69. The van der Waals surface area contributed by atoms with E-state index in [-0.39, 0.29) is 5.91 Å². The number of nitrogens with zero attached hydrogens (tertiary/aromatic N) is 3. The minimum Gasteiger partial charge on any atom is -0.439 e. The lowest BCUT2D eigenvalue weighted by Gasteiger charge is -2.27. The van der Waals surface area contributed by atoms with Crippen LogP contribution in [-0.4, -0.2) is 41.5 Å². The molecule has 2 aromatic carbocycles. The van der Waals surface area contributed by atoms with Gasteiger partial charge in [-0.1, -0.05) is 36.4 Å². The molecule has 0 bridgehead atoms. The average Bonchev–Trinajstić information content (AvgIpc) is 2.97. The second kappa shape index (κ2) is 7.59. The van der Waals surface area contributed by atoms with Crippen molar-refractivity contribution in [1.29, 1.82) is 0 Å². The fraction of sp³-hybridized carbons (Fsp3) is 0.250. The van der Waals surface area contributed by atoms with E-state index in [9.17, 15) is 4.79 Å². The molecule has 0 N–H and O–H groups in total. The molecule has 1 aromatic heterocycles. The fourth-order valence-corrected chi connectivity index (χ4v) is 4.31. The van der Waals surface area contributed by atoms with Crippen LogP contribution in [0.4, 0.5) is 5.69 Å². The first-order valence-corrected chi connectivity index (χ1v) is 10.1. The first kappa shape index (κ1) is 17.7. The number of pyridine rings is 1. The monoisotopic (exact) mass is 385 g/mol. The highest BCUT2D eigenvalue weighted by Crippen LogP contribution is 2.33. The smallest absolute Gasteiger partial charge is 0.255 e. The van der Waals surface area contributed by atoms with Gasteiger partial charge in [0.05, 0.1) is 11.6 Å². The van der Waals surface area contributed by atoms with Crippen molar-refractivity contribution in [3.05, 3.63) is 84.1 Å². The van der Waals surface area contributed by atoms with E-state index >= 15 is 0 Å². The lowest BCUT2D eigenvalue weighted by Crippen LogP contribution is -2.41. The molecule has 1 saturated heterocycles. The summed E-state index contributed by atoms with van der Waals surface area (Å²) in [5.74, 6) is 1.26. The molecular weight excluding hydrogens is 362 g/mol. The highest BCUT2D eigenvalue weighted by Gasteiger charge is 2.33. The van der Waals surface area contributed by atoms with Crippen molar-refractivity contribution in [3.8, 4) is 11.6 Å². The fourth-order valence-electron chi connectivity index (χ4n) is 4.31. The van der Waals surface area contributed by atoms with Crippen LogP contribution in [0, 0.1) is 0 Å². The van der Waals surface area contributed by atoms with E-state index in [1.807, 2.05) is 35.2 Å². The van der Waals surface area contributed by atoms with Gasteiger partial charge in [-0.15, -0.1) is 0 Å². The van der Waals surface area contributed by atoms with Crippen LogP contribution in [0.25, 0.3) is 0 Å². The maximum atomic E-state index is 13.1. The van der Waals surface area contributed by atoms with Crippen LogP contribution in [0.1, 0.15) is 22.3 Å². The van der Waals surface area contributed by atoms with Crippen LogP contribution in [0.2, 0.25) is 0 Å². The first-order valence-electron chi connectivity index (χ1n) is 10.1. The van der Waals surface area contributed by atoms with Crippen molar-refractivity contribution in [3.63, 3.8) is 0 Å². The predicted molar refractivity (Wildman–Crippen MR) is 113 cm³/mol. The van der Waals surface area contributed by atoms with E-state index in [0.29, 0.717) is 17.5 Å². The van der Waals surface area contributed by atoms with Gasteiger partial charge in [0.1, 0.15) is 5.75 Å². The summed E-state index contributed by atoms with van der Waals surface area (Å²) in [5.41, 5.74) is 3.32. The van der Waals surface area contributed by atoms with Crippen molar-refractivity contribution in [2.75, 3.05) is 24.5 Å². The zero-order chi connectivity index (χ0) is 19.6. The second-order valence-electron chi connectivity index (χ2n) is 7.59. The molecule has 1 unspecified atom stereocenters. The summed E-state index contributed by atoms with van der Waals surface area (Å²) in [5, 5.41) is 0. The normalized spacial score (nSPS) is 18.0. The van der Waals surface area contributed by atoms with Gasteiger partial charge in [0.25, 0.3) is 5.91 Å². The lowest BCUT2D eigenvalue weighted by atomic mass is 10.1. The van der Waals surface area contributed by atoms with E-state index in [1.165, 1.54) is 11.3 Å². The number of ether oxygens (including phenoxy) is 1. The Morgan fingerprint density at radius 1 is 0.966 bits per heavy atom. The van der Waals surface area contributed by atoms with Gasteiger partial charge < -0.3 is 14.5 Å². The van der Waals surface area contributed by atoms with Gasteiger partial charge in [-0.3, -0.25) is 4.79 Å². The number of carbonyl (C=O) groups is 1. The molecule has 5 rings (SSSR count). The highest BCUT2D eigenvalue weighted by atomic mass is 16.5. The predicted octanol–water partition coefficient (Wildman–Crippen LogP) is 4.15. The van der Waals surface area contributed by atoms with Crippen LogP contribution in [-0.2, 0) is 6.42 Å². The van der Waals surface area contributed by atoms with Gasteiger partial charge in [-0.05, 0) is 42.7 Å². The summed E-state index contributed by atoms with van der Waals surface area (Å²) < 4.78 is 5.73. The number of rotatable bonds is 3. The summed E-state index contributed by atoms with van der Waals surface area (Å²) in [6, 6.07) is 22.0. The van der Waals surface area contributed by atoms with Crippen LogP contribution in [0.3, 0.4) is 0 Å². The first-order chi connectivity index (χ1) is 14.3. The number of benzene rings is 2. The Morgan fingerprint density at radius 3 is 2.62 bits per heavy atom. The molecule has 0 radical (unpaired) electrons. The minimum absolute atomic E-state index is 0.0431. The summed E-state index contributed by atoms with van der Waals surface area (Å²) >= 11 is 0. The number of hydrogen-bond donors (Lipinski definition) is 0. The third-order valence-electron chi connectivity index (χ3n) is 5.69. The molecule has 5 heteroatoms. The molecule has 5 nitrogen and oxygen atoms in total. The van der Waals surface area contributed by atoms with Crippen LogP contribution in [0.15, 0.2) is 72.9 Å². The molecule has 3 aromatic rings. The molecule has 0 saturated carbocycles. The van der Waals surface area contributed by atoms with Gasteiger partial charge in [0.15, 0.2) is 0 Å². The van der Waals surface area contributed by atoms with E-state index < -0.39 is 0 Å². The average molecular weight is 385 g/mol. The molecular formula is C24H23N3O2. The molecule has 1 amide bonds. The van der Waals surface area contributed by atoms with E-state index in [0.717, 1.165) is 38.2 Å². The molecule has 1 fully saturated rings. The van der Waals surface area contributed by atoms with Gasteiger partial charge >= 0.3 is 0 Å². The van der Waals surface area contributed by atoms with E-state index in [2.05, 4.69) is 34.1 Å². The van der Waals surface area contributed by atoms with Crippen molar-refractivity contribution >= 4 is 11.6 Å². The van der Waals surface area contributed by atoms with Crippen molar-refractivity contribution < 1.29 is 9.53 Å². The Labute approximate surface area is 170 Å². The Morgan fingerprint density at radius 2 is 1.79 bits per heavy atom. The molecule has 0 spiro atoms. The minimum atomic E-state index is 0.0431. The van der Waals surface area contributed by atoms with Crippen molar-refractivity contribution in [2.24, 2.45) is 0 Å². The third kappa shape index (κ3) is 3.56. The molecule has 146 valence electrons. The Hall–Kier alpha value is -3.34. The second-order valence-corrected chi connectivity index (χ2v) is 7.59. The topological polar surface area (TPSA) is 45.7 Å². The highest BCUT2D eigenvalue weighted by molar-refractivity contribution is 5.94. The van der Waals surface area contributed by atoms with Crippen molar-refractivity contribution in [2.45, 2.75) is 18.9 Å². The molecule has 29 heavy (non-hydrogen) atoms. The lowest BCUT2D eigenvalue weighted by molar-refractivity contribution is 0.0755. The van der Waals surface area contributed by atoms with Gasteiger partial charge in [0.2, 0.25) is 5.88 Å². The van der Waals surface area contributed by atoms with Crippen molar-refractivity contribution in [1.82, 2.24) is 9.88 Å². The number of anilines is 1. The number of aromatic nitrogens is 1. The zero-order valence-electron chi connectivity index (χ0n) is 16.2. The largest absolute Gasteiger partial charge is 0.439 e. The van der Waals surface area contributed by atoms with Gasteiger partial charge in [-0.25, -0.2) is 4.98 Å². The number of hydrogen-bond acceptors (Lipinski definition) is 4. The molecule has 0 aliphatic carbocycles. The zero-order valence-corrected chi connectivity index (χ0v) is 16.2. The molecule has 2 aliphatic rings. The summed E-state index contributed by atoms with van der Waals surface area (Å²) in [6.07, 6.45) is 3.59.